The van der Waals surface area contributed by atoms with Gasteiger partial charge in [0.1, 0.15) is 6.61 Å². The fourth-order valence-electron chi connectivity index (χ4n) is 1.48. The summed E-state index contributed by atoms with van der Waals surface area (Å²) in [4.78, 5) is 0. The van der Waals surface area contributed by atoms with Gasteiger partial charge in [0.25, 0.3) is 0 Å². The van der Waals surface area contributed by atoms with E-state index in [9.17, 15) is 4.39 Å². The van der Waals surface area contributed by atoms with Crippen LogP contribution in [-0.4, -0.2) is 0 Å². The molecule has 2 aromatic rings. The number of benzene rings is 2. The van der Waals surface area contributed by atoms with E-state index in [0.717, 1.165) is 6.07 Å². The van der Waals surface area contributed by atoms with E-state index in [4.69, 9.17) is 33.2 Å². The van der Waals surface area contributed by atoms with Gasteiger partial charge in [-0.15, -0.1) is 0 Å². The Morgan fingerprint density at radius 1 is 1.16 bits per heavy atom. The van der Waals surface area contributed by atoms with Crippen molar-refractivity contribution >= 4 is 23.2 Å². The van der Waals surface area contributed by atoms with Crippen LogP contribution in [0.15, 0.2) is 36.4 Å². The van der Waals surface area contributed by atoms with E-state index in [1.807, 2.05) is 6.07 Å². The zero-order chi connectivity index (χ0) is 13.8. The lowest BCUT2D eigenvalue weighted by Crippen LogP contribution is -1.98. The molecule has 0 aliphatic carbocycles. The fourth-order valence-corrected chi connectivity index (χ4v) is 1.94. The highest BCUT2D eigenvalue weighted by Gasteiger charge is 2.07. The van der Waals surface area contributed by atoms with Crippen LogP contribution < -0.4 is 4.74 Å². The first-order chi connectivity index (χ1) is 9.10. The second kappa shape index (κ2) is 5.92. The Kier molecular flexibility index (Phi) is 4.26. The topological polar surface area (TPSA) is 33.0 Å². The van der Waals surface area contributed by atoms with Crippen molar-refractivity contribution in [1.29, 1.82) is 5.26 Å². The van der Waals surface area contributed by atoms with Crippen molar-refractivity contribution in [3.63, 3.8) is 0 Å². The Morgan fingerprint density at radius 3 is 2.58 bits per heavy atom. The summed E-state index contributed by atoms with van der Waals surface area (Å²) in [6, 6.07) is 10.9. The maximum absolute atomic E-state index is 13.6. The zero-order valence-electron chi connectivity index (χ0n) is 9.66. The smallest absolute Gasteiger partial charge is 0.166 e. The summed E-state index contributed by atoms with van der Waals surface area (Å²) in [5, 5.41) is 9.62. The average molecular weight is 296 g/mol. The molecule has 19 heavy (non-hydrogen) atoms. The monoisotopic (exact) mass is 295 g/mol. The second-order valence-corrected chi connectivity index (χ2v) is 4.63. The van der Waals surface area contributed by atoms with Gasteiger partial charge in [-0.1, -0.05) is 29.3 Å². The zero-order valence-corrected chi connectivity index (χ0v) is 11.2. The molecule has 0 saturated heterocycles. The van der Waals surface area contributed by atoms with Crippen LogP contribution >= 0.6 is 23.2 Å². The van der Waals surface area contributed by atoms with Gasteiger partial charge in [-0.25, -0.2) is 4.39 Å². The second-order valence-electron chi connectivity index (χ2n) is 3.78. The number of hydrogen-bond acceptors (Lipinski definition) is 2. The van der Waals surface area contributed by atoms with Gasteiger partial charge in [0, 0.05) is 15.6 Å². The molecule has 0 fully saturated rings. The van der Waals surface area contributed by atoms with Crippen LogP contribution in [0, 0.1) is 17.1 Å². The van der Waals surface area contributed by atoms with Crippen LogP contribution in [0.4, 0.5) is 4.39 Å². The SMILES string of the molecule is N#Cc1ccc(OCc2ccc(Cl)cc2Cl)c(F)c1. The number of nitrogens with zero attached hydrogens (tertiary/aromatic N) is 1. The molecule has 0 atom stereocenters. The lowest BCUT2D eigenvalue weighted by molar-refractivity contribution is 0.290. The highest BCUT2D eigenvalue weighted by molar-refractivity contribution is 6.35. The van der Waals surface area contributed by atoms with Crippen molar-refractivity contribution in [1.82, 2.24) is 0 Å². The van der Waals surface area contributed by atoms with Crippen LogP contribution in [0.1, 0.15) is 11.1 Å². The number of ether oxygens (including phenoxy) is 1. The van der Waals surface area contributed by atoms with Crippen LogP contribution in [0.25, 0.3) is 0 Å². The van der Waals surface area contributed by atoms with Crippen LogP contribution in [0.5, 0.6) is 5.75 Å². The standard InChI is InChI=1S/C14H8Cl2FNO/c15-11-3-2-10(12(16)6-11)8-19-14-4-1-9(7-18)5-13(14)17/h1-6H,8H2. The van der Waals surface area contributed by atoms with E-state index in [-0.39, 0.29) is 17.9 Å². The van der Waals surface area contributed by atoms with E-state index in [0.29, 0.717) is 15.6 Å². The van der Waals surface area contributed by atoms with Gasteiger partial charge < -0.3 is 4.74 Å². The number of rotatable bonds is 3. The molecule has 0 spiro atoms. The van der Waals surface area contributed by atoms with Gasteiger partial charge in [-0.3, -0.25) is 0 Å². The number of nitriles is 1. The molecular formula is C14H8Cl2FNO. The third kappa shape index (κ3) is 3.37. The maximum Gasteiger partial charge on any atom is 0.166 e. The van der Waals surface area contributed by atoms with Crippen LogP contribution in [0.2, 0.25) is 10.0 Å². The van der Waals surface area contributed by atoms with Crippen molar-refractivity contribution in [3.8, 4) is 11.8 Å². The fraction of sp³-hybridized carbons (Fsp3) is 0.0714. The Morgan fingerprint density at radius 2 is 1.95 bits per heavy atom. The van der Waals surface area contributed by atoms with Gasteiger partial charge in [0.05, 0.1) is 11.6 Å². The van der Waals surface area contributed by atoms with Crippen LogP contribution in [0.3, 0.4) is 0 Å². The normalized spacial score (nSPS) is 10.0. The summed E-state index contributed by atoms with van der Waals surface area (Å²) in [5.41, 5.74) is 0.948. The van der Waals surface area contributed by atoms with E-state index in [1.165, 1.54) is 12.1 Å². The molecule has 2 aromatic carbocycles. The molecule has 0 amide bonds. The minimum absolute atomic E-state index is 0.0741. The average Bonchev–Trinajstić information content (AvgIpc) is 2.39. The first-order valence-corrected chi connectivity index (χ1v) is 6.12. The summed E-state index contributed by atoms with van der Waals surface area (Å²) in [6.07, 6.45) is 0. The Labute approximate surface area is 119 Å². The van der Waals surface area contributed by atoms with Crippen molar-refractivity contribution in [2.45, 2.75) is 6.61 Å². The molecule has 0 N–H and O–H groups in total. The summed E-state index contributed by atoms with van der Waals surface area (Å²) in [6.45, 7) is 0.124. The predicted molar refractivity (Wildman–Crippen MR) is 71.9 cm³/mol. The largest absolute Gasteiger partial charge is 0.486 e. The molecule has 0 heterocycles. The third-order valence-corrected chi connectivity index (χ3v) is 3.05. The van der Waals surface area contributed by atoms with Gasteiger partial charge in [-0.2, -0.15) is 5.26 Å². The van der Waals surface area contributed by atoms with Gasteiger partial charge >= 0.3 is 0 Å². The predicted octanol–water partition coefficient (Wildman–Crippen LogP) is 4.58. The van der Waals surface area contributed by atoms with Crippen molar-refractivity contribution in [3.05, 3.63) is 63.4 Å². The highest BCUT2D eigenvalue weighted by Crippen LogP contribution is 2.24. The first-order valence-electron chi connectivity index (χ1n) is 5.36. The van der Waals surface area contributed by atoms with E-state index < -0.39 is 5.82 Å². The molecule has 0 aliphatic rings. The minimum Gasteiger partial charge on any atom is -0.486 e. The maximum atomic E-state index is 13.6. The molecule has 0 unspecified atom stereocenters. The summed E-state index contributed by atoms with van der Waals surface area (Å²) >= 11 is 11.8. The molecule has 5 heteroatoms. The summed E-state index contributed by atoms with van der Waals surface area (Å²) in [7, 11) is 0. The summed E-state index contributed by atoms with van der Waals surface area (Å²) in [5.74, 6) is -0.505. The van der Waals surface area contributed by atoms with Crippen molar-refractivity contribution < 1.29 is 9.13 Å². The molecule has 96 valence electrons. The van der Waals surface area contributed by atoms with Gasteiger partial charge in [-0.05, 0) is 30.3 Å². The molecular weight excluding hydrogens is 288 g/mol. The Hall–Kier alpha value is -1.76. The third-order valence-electron chi connectivity index (χ3n) is 2.46. The molecule has 0 radical (unpaired) electrons. The molecule has 2 rings (SSSR count). The minimum atomic E-state index is -0.580. The molecule has 0 saturated carbocycles. The summed E-state index contributed by atoms with van der Waals surface area (Å²) < 4.78 is 18.9. The van der Waals surface area contributed by atoms with Crippen molar-refractivity contribution in [2.75, 3.05) is 0 Å². The number of halogens is 3. The molecule has 0 bridgehead atoms. The van der Waals surface area contributed by atoms with E-state index in [2.05, 4.69) is 0 Å². The highest BCUT2D eigenvalue weighted by atomic mass is 35.5. The van der Waals surface area contributed by atoms with Gasteiger partial charge in [0.15, 0.2) is 11.6 Å². The quantitative estimate of drug-likeness (QED) is 0.830. The van der Waals surface area contributed by atoms with Gasteiger partial charge in [0.2, 0.25) is 0 Å². The first kappa shape index (κ1) is 13.7. The van der Waals surface area contributed by atoms with E-state index >= 15 is 0 Å². The number of hydrogen-bond donors (Lipinski definition) is 0. The molecule has 0 aliphatic heterocycles. The van der Waals surface area contributed by atoms with E-state index in [1.54, 1.807) is 18.2 Å². The molecule has 0 aromatic heterocycles. The Bertz CT molecular complexity index is 652. The van der Waals surface area contributed by atoms with Crippen molar-refractivity contribution in [2.24, 2.45) is 0 Å². The van der Waals surface area contributed by atoms with Crippen LogP contribution in [-0.2, 0) is 6.61 Å². The lowest BCUT2D eigenvalue weighted by Gasteiger charge is -2.09. The molecule has 2 nitrogen and oxygen atoms in total. The Balaban J connectivity index is 2.13. The lowest BCUT2D eigenvalue weighted by atomic mass is 10.2.